The SMILES string of the molecule is CCCCC/C=C\C/C=C\CCCCCCCC(=O)OC[C@H](COP(=O)(O)OC[C@@H](O)COP(=O)(O)OC[C@@H](COC(=O)CCCCCCCCC/C=C\CCCCCC)OC(=O)CCCCCCC/C=C\CCCCCCCC)OC(=O)CCCCCCCCC/C=C\CCCCCC. The highest BCUT2D eigenvalue weighted by Gasteiger charge is 2.30. The minimum atomic E-state index is -4.97. The van der Waals surface area contributed by atoms with Gasteiger partial charge < -0.3 is 33.8 Å². The monoisotopic (exact) mass is 1460 g/mol. The molecule has 5 atom stereocenters. The lowest BCUT2D eigenvalue weighted by molar-refractivity contribution is -0.161. The van der Waals surface area contributed by atoms with Crippen LogP contribution in [0.25, 0.3) is 0 Å². The summed E-state index contributed by atoms with van der Waals surface area (Å²) in [6.45, 7) is 4.86. The number of ether oxygens (including phenoxy) is 4. The van der Waals surface area contributed by atoms with Crippen molar-refractivity contribution < 1.29 is 80.2 Å². The maximum atomic E-state index is 13.1. The number of phosphoric acid groups is 2. The van der Waals surface area contributed by atoms with Crippen LogP contribution in [-0.4, -0.2) is 96.7 Å². The smallest absolute Gasteiger partial charge is 0.462 e. The molecule has 0 bridgehead atoms. The van der Waals surface area contributed by atoms with Crippen LogP contribution < -0.4 is 0 Å². The number of aliphatic hydroxyl groups is 1. The van der Waals surface area contributed by atoms with E-state index in [0.717, 1.165) is 173 Å². The van der Waals surface area contributed by atoms with Crippen molar-refractivity contribution >= 4 is 39.5 Å². The predicted octanol–water partition coefficient (Wildman–Crippen LogP) is 23.5. The molecule has 0 spiro atoms. The van der Waals surface area contributed by atoms with E-state index < -0.39 is 97.5 Å². The van der Waals surface area contributed by atoms with Gasteiger partial charge in [0.2, 0.25) is 0 Å². The van der Waals surface area contributed by atoms with Crippen LogP contribution >= 0.6 is 15.6 Å². The lowest BCUT2D eigenvalue weighted by Crippen LogP contribution is -2.30. The van der Waals surface area contributed by atoms with Crippen molar-refractivity contribution in [2.24, 2.45) is 0 Å². The van der Waals surface area contributed by atoms with E-state index in [1.54, 1.807) is 0 Å². The zero-order valence-electron chi connectivity index (χ0n) is 63.9. The van der Waals surface area contributed by atoms with E-state index in [0.29, 0.717) is 25.7 Å². The topological polar surface area (TPSA) is 237 Å². The normalized spacial score (nSPS) is 14.2. The zero-order chi connectivity index (χ0) is 73.2. The molecule has 0 amide bonds. The average molecular weight is 1460 g/mol. The van der Waals surface area contributed by atoms with Crippen molar-refractivity contribution in [1.82, 2.24) is 0 Å². The Balaban J connectivity index is 5.35. The first kappa shape index (κ1) is 96.8. The Labute approximate surface area is 610 Å². The molecule has 19 heteroatoms. The molecule has 0 aromatic heterocycles. The molecule has 3 N–H and O–H groups in total. The molecule has 100 heavy (non-hydrogen) atoms. The number of hydrogen-bond donors (Lipinski definition) is 3. The Morgan fingerprint density at radius 1 is 0.280 bits per heavy atom. The number of hydrogen-bond acceptors (Lipinski definition) is 15. The van der Waals surface area contributed by atoms with Gasteiger partial charge in [-0.1, -0.05) is 275 Å². The summed E-state index contributed by atoms with van der Waals surface area (Å²) in [5, 5.41) is 10.6. The summed E-state index contributed by atoms with van der Waals surface area (Å²) < 4.78 is 68.6. The summed E-state index contributed by atoms with van der Waals surface area (Å²) in [7, 11) is -9.95. The number of allylic oxidation sites excluding steroid dienone is 10. The van der Waals surface area contributed by atoms with Gasteiger partial charge in [0, 0.05) is 25.7 Å². The number of phosphoric ester groups is 2. The van der Waals surface area contributed by atoms with Gasteiger partial charge in [-0.15, -0.1) is 0 Å². The Bertz CT molecular complexity index is 2130. The summed E-state index contributed by atoms with van der Waals surface area (Å²) in [5.74, 6) is -2.18. The van der Waals surface area contributed by atoms with Gasteiger partial charge in [0.25, 0.3) is 0 Å². The molecule has 0 fully saturated rings. The van der Waals surface area contributed by atoms with Gasteiger partial charge >= 0.3 is 39.5 Å². The fourth-order valence-corrected chi connectivity index (χ4v) is 12.8. The lowest BCUT2D eigenvalue weighted by atomic mass is 10.1. The molecule has 0 aromatic carbocycles. The highest BCUT2D eigenvalue weighted by Crippen LogP contribution is 2.45. The van der Waals surface area contributed by atoms with Gasteiger partial charge in [0.05, 0.1) is 26.4 Å². The zero-order valence-corrected chi connectivity index (χ0v) is 65.7. The van der Waals surface area contributed by atoms with E-state index in [-0.39, 0.29) is 25.7 Å². The predicted molar refractivity (Wildman–Crippen MR) is 409 cm³/mol. The van der Waals surface area contributed by atoms with Gasteiger partial charge in [-0.25, -0.2) is 9.13 Å². The summed E-state index contributed by atoms with van der Waals surface area (Å²) in [4.78, 5) is 73.0. The van der Waals surface area contributed by atoms with Gasteiger partial charge in [-0.3, -0.25) is 37.3 Å². The molecular weight excluding hydrogens is 1310 g/mol. The Morgan fingerprint density at radius 3 is 0.780 bits per heavy atom. The fourth-order valence-electron chi connectivity index (χ4n) is 11.2. The maximum Gasteiger partial charge on any atom is 0.472 e. The standard InChI is InChI=1S/C81H148O17P2/c1-5-9-13-17-21-25-29-33-37-41-45-49-53-57-61-65-78(83)91-71-76(97-80(85)67-63-59-55-51-47-43-39-35-31-27-23-19-15-11-7-3)73-95-99(87,88)93-69-75(82)70-94-100(89,90)96-74-77(98-81(86)68-64-60-56-52-48-44-40-36-32-28-24-20-16-12-8-4)72-92-79(84)66-62-58-54-50-46-42-38-34-30-26-22-18-14-10-6-2/h21,25-27,30-31,33,36-37,40,75-77,82H,5-20,22-24,28-29,32,34-35,38-39,41-74H2,1-4H3,(H,87,88)(H,89,90)/b25-21-,30-26-,31-27-,37-33-,40-36-/t75-,76-,77-/m1/s1. The second-order valence-electron chi connectivity index (χ2n) is 27.3. The number of carbonyl (C=O) groups excluding carboxylic acids is 4. The molecule has 2 unspecified atom stereocenters. The lowest BCUT2D eigenvalue weighted by Gasteiger charge is -2.21. The molecule has 584 valence electrons. The summed E-state index contributed by atoms with van der Waals surface area (Å²) >= 11 is 0. The Hall–Kier alpha value is -3.24. The minimum Gasteiger partial charge on any atom is -0.462 e. The van der Waals surface area contributed by atoms with Gasteiger partial charge in [-0.2, -0.15) is 0 Å². The quantitative estimate of drug-likeness (QED) is 0.0169. The van der Waals surface area contributed by atoms with Crippen LogP contribution in [0.1, 0.15) is 374 Å². The second-order valence-corrected chi connectivity index (χ2v) is 30.3. The number of carbonyl (C=O) groups is 4. The van der Waals surface area contributed by atoms with Crippen molar-refractivity contribution in [2.75, 3.05) is 39.6 Å². The third kappa shape index (κ3) is 73.1. The van der Waals surface area contributed by atoms with E-state index >= 15 is 0 Å². The number of rotatable bonds is 77. The second kappa shape index (κ2) is 74.0. The third-order valence-electron chi connectivity index (χ3n) is 17.4. The van der Waals surface area contributed by atoms with Crippen molar-refractivity contribution in [2.45, 2.75) is 393 Å². The summed E-state index contributed by atoms with van der Waals surface area (Å²) in [6, 6.07) is 0. The van der Waals surface area contributed by atoms with E-state index in [1.807, 2.05) is 0 Å². The molecule has 0 rings (SSSR count). The van der Waals surface area contributed by atoms with E-state index in [1.165, 1.54) is 122 Å². The van der Waals surface area contributed by atoms with E-state index in [4.69, 9.17) is 37.0 Å². The average Bonchev–Trinajstić information content (AvgIpc) is 1.01. The molecule has 17 nitrogen and oxygen atoms in total. The summed E-state index contributed by atoms with van der Waals surface area (Å²) in [5.41, 5.74) is 0. The Morgan fingerprint density at radius 2 is 0.490 bits per heavy atom. The molecule has 0 heterocycles. The van der Waals surface area contributed by atoms with Crippen molar-refractivity contribution in [3.05, 3.63) is 60.8 Å². The first-order chi connectivity index (χ1) is 48.7. The van der Waals surface area contributed by atoms with Crippen LogP contribution in [0, 0.1) is 0 Å². The fraction of sp³-hybridized carbons (Fsp3) is 0.827. The molecule has 0 aliphatic heterocycles. The van der Waals surface area contributed by atoms with E-state index in [9.17, 15) is 43.2 Å². The third-order valence-corrected chi connectivity index (χ3v) is 19.3. The van der Waals surface area contributed by atoms with Gasteiger partial charge in [0.1, 0.15) is 19.3 Å². The van der Waals surface area contributed by atoms with Crippen molar-refractivity contribution in [3.8, 4) is 0 Å². The van der Waals surface area contributed by atoms with Gasteiger partial charge in [0.15, 0.2) is 12.2 Å². The first-order valence-electron chi connectivity index (χ1n) is 40.5. The molecule has 0 aliphatic rings. The number of unbranched alkanes of at least 4 members (excludes halogenated alkanes) is 41. The molecule has 0 radical (unpaired) electrons. The molecule has 0 saturated carbocycles. The van der Waals surface area contributed by atoms with Crippen LogP contribution in [0.2, 0.25) is 0 Å². The minimum absolute atomic E-state index is 0.0884. The van der Waals surface area contributed by atoms with Crippen LogP contribution in [0.15, 0.2) is 60.8 Å². The number of esters is 4. The molecule has 0 aromatic rings. The summed E-state index contributed by atoms with van der Waals surface area (Å²) in [6.07, 6.45) is 73.3. The maximum absolute atomic E-state index is 13.1. The highest BCUT2D eigenvalue weighted by atomic mass is 31.2. The van der Waals surface area contributed by atoms with Crippen LogP contribution in [0.4, 0.5) is 0 Å². The molecule has 0 aliphatic carbocycles. The van der Waals surface area contributed by atoms with Crippen LogP contribution in [0.3, 0.4) is 0 Å². The molecule has 0 saturated heterocycles. The van der Waals surface area contributed by atoms with Crippen LogP contribution in [-0.2, 0) is 65.4 Å². The van der Waals surface area contributed by atoms with Crippen molar-refractivity contribution in [3.63, 3.8) is 0 Å². The largest absolute Gasteiger partial charge is 0.472 e. The number of aliphatic hydroxyl groups excluding tert-OH is 1. The van der Waals surface area contributed by atoms with Gasteiger partial charge in [-0.05, 0) is 135 Å². The van der Waals surface area contributed by atoms with Crippen LogP contribution in [0.5, 0.6) is 0 Å². The highest BCUT2D eigenvalue weighted by molar-refractivity contribution is 7.47. The molecular formula is C81H148O17P2. The van der Waals surface area contributed by atoms with E-state index in [2.05, 4.69) is 88.5 Å². The van der Waals surface area contributed by atoms with Crippen molar-refractivity contribution in [1.29, 1.82) is 0 Å². The Kier molecular flexibility index (Phi) is 71.6. The first-order valence-corrected chi connectivity index (χ1v) is 43.5.